The second kappa shape index (κ2) is 8.62. The van der Waals surface area contributed by atoms with Crippen LogP contribution in [0.4, 0.5) is 4.79 Å². The molecular weight excluding hydrogens is 312 g/mol. The SMILES string of the molecule is CN(Cc1ccncc1)C(=O)NC1CCN(Cc2ccccc2)CC1. The first-order valence-electron chi connectivity index (χ1n) is 8.87. The van der Waals surface area contributed by atoms with Crippen LogP contribution in [0.25, 0.3) is 0 Å². The van der Waals surface area contributed by atoms with Gasteiger partial charge in [-0.3, -0.25) is 9.88 Å². The Labute approximate surface area is 149 Å². The number of piperidine rings is 1. The van der Waals surface area contributed by atoms with Crippen molar-refractivity contribution in [1.82, 2.24) is 20.1 Å². The van der Waals surface area contributed by atoms with Crippen molar-refractivity contribution in [2.45, 2.75) is 32.0 Å². The molecule has 0 saturated carbocycles. The van der Waals surface area contributed by atoms with Gasteiger partial charge in [-0.05, 0) is 36.1 Å². The van der Waals surface area contributed by atoms with Crippen LogP contribution in [0.3, 0.4) is 0 Å². The lowest BCUT2D eigenvalue weighted by Crippen LogP contribution is -2.48. The molecule has 1 saturated heterocycles. The summed E-state index contributed by atoms with van der Waals surface area (Å²) >= 11 is 0. The maximum Gasteiger partial charge on any atom is 0.317 e. The molecule has 0 radical (unpaired) electrons. The van der Waals surface area contributed by atoms with Crippen LogP contribution in [0.2, 0.25) is 0 Å². The second-order valence-corrected chi connectivity index (χ2v) is 6.70. The molecule has 1 aromatic heterocycles. The molecule has 2 aromatic rings. The van der Waals surface area contributed by atoms with Crippen LogP contribution in [0.5, 0.6) is 0 Å². The highest BCUT2D eigenvalue weighted by atomic mass is 16.2. The number of pyridine rings is 1. The number of carbonyl (C=O) groups excluding carboxylic acids is 1. The number of nitrogens with one attached hydrogen (secondary N) is 1. The van der Waals surface area contributed by atoms with E-state index in [0.717, 1.165) is 38.0 Å². The highest BCUT2D eigenvalue weighted by Crippen LogP contribution is 2.14. The van der Waals surface area contributed by atoms with E-state index in [0.29, 0.717) is 6.54 Å². The van der Waals surface area contributed by atoms with E-state index >= 15 is 0 Å². The minimum absolute atomic E-state index is 0.00155. The number of amides is 2. The van der Waals surface area contributed by atoms with Gasteiger partial charge >= 0.3 is 6.03 Å². The third kappa shape index (κ3) is 5.29. The van der Waals surface area contributed by atoms with E-state index in [1.807, 2.05) is 25.2 Å². The van der Waals surface area contributed by atoms with Gasteiger partial charge in [-0.1, -0.05) is 30.3 Å². The Morgan fingerprint density at radius 2 is 1.80 bits per heavy atom. The van der Waals surface area contributed by atoms with Crippen molar-refractivity contribution >= 4 is 6.03 Å². The normalized spacial score (nSPS) is 15.7. The van der Waals surface area contributed by atoms with Gasteiger partial charge in [-0.2, -0.15) is 0 Å². The summed E-state index contributed by atoms with van der Waals surface area (Å²) in [7, 11) is 1.83. The predicted molar refractivity (Wildman–Crippen MR) is 99.0 cm³/mol. The molecule has 0 spiro atoms. The summed E-state index contributed by atoms with van der Waals surface area (Å²) in [5, 5.41) is 3.17. The molecule has 0 unspecified atom stereocenters. The first-order chi connectivity index (χ1) is 12.2. The molecule has 1 N–H and O–H groups in total. The average molecular weight is 338 g/mol. The molecule has 0 bridgehead atoms. The van der Waals surface area contributed by atoms with E-state index in [4.69, 9.17) is 0 Å². The van der Waals surface area contributed by atoms with E-state index in [1.54, 1.807) is 17.3 Å². The van der Waals surface area contributed by atoms with Crippen LogP contribution in [0, 0.1) is 0 Å². The number of benzene rings is 1. The quantitative estimate of drug-likeness (QED) is 0.912. The maximum atomic E-state index is 12.4. The molecule has 0 aliphatic carbocycles. The largest absolute Gasteiger partial charge is 0.335 e. The van der Waals surface area contributed by atoms with Crippen LogP contribution < -0.4 is 5.32 Å². The summed E-state index contributed by atoms with van der Waals surface area (Å²) in [6, 6.07) is 14.7. The highest BCUT2D eigenvalue weighted by molar-refractivity contribution is 5.74. The van der Waals surface area contributed by atoms with E-state index in [2.05, 4.69) is 39.5 Å². The van der Waals surface area contributed by atoms with Gasteiger partial charge < -0.3 is 10.2 Å². The van der Waals surface area contributed by atoms with Crippen molar-refractivity contribution in [1.29, 1.82) is 0 Å². The Morgan fingerprint density at radius 3 is 2.48 bits per heavy atom. The molecule has 2 amide bonds. The zero-order chi connectivity index (χ0) is 17.5. The number of nitrogens with zero attached hydrogens (tertiary/aromatic N) is 3. The number of carbonyl (C=O) groups is 1. The molecule has 1 aliphatic rings. The summed E-state index contributed by atoms with van der Waals surface area (Å²) in [5.74, 6) is 0. The molecule has 5 heteroatoms. The number of hydrogen-bond donors (Lipinski definition) is 1. The Hall–Kier alpha value is -2.40. The second-order valence-electron chi connectivity index (χ2n) is 6.70. The Balaban J connectivity index is 1.41. The molecule has 1 aromatic carbocycles. The van der Waals surface area contributed by atoms with Crippen molar-refractivity contribution in [3.63, 3.8) is 0 Å². The minimum atomic E-state index is -0.00155. The Morgan fingerprint density at radius 1 is 1.12 bits per heavy atom. The lowest BCUT2D eigenvalue weighted by atomic mass is 10.0. The van der Waals surface area contributed by atoms with Gasteiger partial charge in [0.05, 0.1) is 0 Å². The van der Waals surface area contributed by atoms with E-state index in [1.165, 1.54) is 5.56 Å². The average Bonchev–Trinajstić information content (AvgIpc) is 2.65. The van der Waals surface area contributed by atoms with Gasteiger partial charge in [-0.15, -0.1) is 0 Å². The smallest absolute Gasteiger partial charge is 0.317 e. The fourth-order valence-electron chi connectivity index (χ4n) is 3.20. The third-order valence-electron chi connectivity index (χ3n) is 4.68. The van der Waals surface area contributed by atoms with E-state index in [-0.39, 0.29) is 12.1 Å². The summed E-state index contributed by atoms with van der Waals surface area (Å²) in [5.41, 5.74) is 2.44. The van der Waals surface area contributed by atoms with Gasteiger partial charge in [0, 0.05) is 51.7 Å². The summed E-state index contributed by atoms with van der Waals surface area (Å²) in [4.78, 5) is 20.6. The van der Waals surface area contributed by atoms with Gasteiger partial charge in [0.25, 0.3) is 0 Å². The highest BCUT2D eigenvalue weighted by Gasteiger charge is 2.21. The van der Waals surface area contributed by atoms with E-state index < -0.39 is 0 Å². The van der Waals surface area contributed by atoms with Gasteiger partial charge in [0.1, 0.15) is 0 Å². The lowest BCUT2D eigenvalue weighted by molar-refractivity contribution is 0.173. The number of rotatable bonds is 5. The molecule has 2 heterocycles. The Kier molecular flexibility index (Phi) is 6.01. The molecular formula is C20H26N4O. The molecule has 1 fully saturated rings. The molecule has 132 valence electrons. The first kappa shape index (κ1) is 17.4. The van der Waals surface area contributed by atoms with Crippen LogP contribution in [0.15, 0.2) is 54.9 Å². The maximum absolute atomic E-state index is 12.4. The van der Waals surface area contributed by atoms with Crippen LogP contribution in [0.1, 0.15) is 24.0 Å². The number of hydrogen-bond acceptors (Lipinski definition) is 3. The molecule has 0 atom stereocenters. The van der Waals surface area contributed by atoms with Gasteiger partial charge in [0.2, 0.25) is 0 Å². The van der Waals surface area contributed by atoms with E-state index in [9.17, 15) is 4.79 Å². The monoisotopic (exact) mass is 338 g/mol. The topological polar surface area (TPSA) is 48.5 Å². The molecule has 3 rings (SSSR count). The molecule has 5 nitrogen and oxygen atoms in total. The standard InChI is InChI=1S/C20H26N4O/c1-23(15-18-7-11-21-12-8-18)20(25)22-19-9-13-24(14-10-19)16-17-5-3-2-4-6-17/h2-8,11-12,19H,9-10,13-16H2,1H3,(H,22,25). The van der Waals surface area contributed by atoms with Crippen LogP contribution in [-0.4, -0.2) is 47.0 Å². The van der Waals surface area contributed by atoms with Crippen molar-refractivity contribution in [3.05, 3.63) is 66.0 Å². The van der Waals surface area contributed by atoms with Crippen molar-refractivity contribution in [3.8, 4) is 0 Å². The first-order valence-corrected chi connectivity index (χ1v) is 8.87. The predicted octanol–water partition coefficient (Wildman–Crippen LogP) is 2.89. The summed E-state index contributed by atoms with van der Waals surface area (Å²) in [6.07, 6.45) is 5.51. The zero-order valence-corrected chi connectivity index (χ0v) is 14.8. The Bertz CT molecular complexity index is 654. The summed E-state index contributed by atoms with van der Waals surface area (Å²) in [6.45, 7) is 3.63. The molecule has 1 aliphatic heterocycles. The zero-order valence-electron chi connectivity index (χ0n) is 14.8. The van der Waals surface area contributed by atoms with Crippen LogP contribution in [-0.2, 0) is 13.1 Å². The van der Waals surface area contributed by atoms with Gasteiger partial charge in [0.15, 0.2) is 0 Å². The van der Waals surface area contributed by atoms with Gasteiger partial charge in [-0.25, -0.2) is 4.79 Å². The molecule has 25 heavy (non-hydrogen) atoms. The van der Waals surface area contributed by atoms with Crippen molar-refractivity contribution < 1.29 is 4.79 Å². The number of likely N-dealkylation sites (tertiary alicyclic amines) is 1. The number of aromatic nitrogens is 1. The van der Waals surface area contributed by atoms with Crippen molar-refractivity contribution in [2.75, 3.05) is 20.1 Å². The summed E-state index contributed by atoms with van der Waals surface area (Å²) < 4.78 is 0. The third-order valence-corrected chi connectivity index (χ3v) is 4.68. The lowest BCUT2D eigenvalue weighted by Gasteiger charge is -2.33. The number of urea groups is 1. The van der Waals surface area contributed by atoms with Crippen molar-refractivity contribution in [2.24, 2.45) is 0 Å². The fraction of sp³-hybridized carbons (Fsp3) is 0.400. The van der Waals surface area contributed by atoms with Crippen LogP contribution >= 0.6 is 0 Å². The minimum Gasteiger partial charge on any atom is -0.335 e. The fourth-order valence-corrected chi connectivity index (χ4v) is 3.20.